The fourth-order valence-corrected chi connectivity index (χ4v) is 3.41. The predicted octanol–water partition coefficient (Wildman–Crippen LogP) is 4.73. The Balaban J connectivity index is 2.37. The quantitative estimate of drug-likeness (QED) is 0.564. The molecule has 0 fully saturated rings. The number of hydrogen-bond donors (Lipinski definition) is 0. The van der Waals surface area contributed by atoms with E-state index in [0.717, 1.165) is 16.8 Å². The minimum atomic E-state index is -1.49. The van der Waals surface area contributed by atoms with Crippen molar-refractivity contribution < 1.29 is 13.7 Å². The average molecular weight is 372 g/mol. The normalized spacial score (nSPS) is 13.3. The molecule has 0 radical (unpaired) electrons. The Hall–Kier alpha value is -2.27. The first-order valence-corrected chi connectivity index (χ1v) is 9.68. The topological polar surface area (TPSA) is 55.7 Å². The highest BCUT2D eigenvalue weighted by Gasteiger charge is 2.22. The second-order valence-corrected chi connectivity index (χ2v) is 8.20. The van der Waals surface area contributed by atoms with Gasteiger partial charge in [0.2, 0.25) is 0 Å². The Bertz CT molecular complexity index is 816. The summed E-state index contributed by atoms with van der Waals surface area (Å²) in [6.45, 7) is 10.2. The molecule has 0 aliphatic heterocycles. The molecule has 4 nitrogen and oxygen atoms in total. The minimum absolute atomic E-state index is 0.300. The SMILES string of the molecule is CCOC(=O)c1ccc(C(=N[S@@](=O)c2ccc(C)cc2)C(C)(C)C)cc1. The summed E-state index contributed by atoms with van der Waals surface area (Å²) in [5.74, 6) is -0.350. The van der Waals surface area contributed by atoms with Crippen molar-refractivity contribution in [1.82, 2.24) is 0 Å². The van der Waals surface area contributed by atoms with Crippen molar-refractivity contribution in [3.8, 4) is 0 Å². The second kappa shape index (κ2) is 8.41. The lowest BCUT2D eigenvalue weighted by atomic mass is 9.85. The molecular weight excluding hydrogens is 346 g/mol. The maximum atomic E-state index is 12.7. The van der Waals surface area contributed by atoms with Gasteiger partial charge in [-0.1, -0.05) is 50.6 Å². The Kier molecular flexibility index (Phi) is 6.48. The van der Waals surface area contributed by atoms with E-state index < -0.39 is 11.0 Å². The van der Waals surface area contributed by atoms with Gasteiger partial charge in [0.05, 0.1) is 22.8 Å². The van der Waals surface area contributed by atoms with Crippen molar-refractivity contribution >= 4 is 22.7 Å². The van der Waals surface area contributed by atoms with E-state index in [9.17, 15) is 9.00 Å². The predicted molar refractivity (Wildman–Crippen MR) is 106 cm³/mol. The van der Waals surface area contributed by atoms with Crippen molar-refractivity contribution in [2.24, 2.45) is 9.81 Å². The highest BCUT2D eigenvalue weighted by Crippen LogP contribution is 2.24. The molecule has 138 valence electrons. The lowest BCUT2D eigenvalue weighted by Gasteiger charge is -2.21. The van der Waals surface area contributed by atoms with E-state index in [-0.39, 0.29) is 11.4 Å². The van der Waals surface area contributed by atoms with Crippen LogP contribution in [0.4, 0.5) is 0 Å². The zero-order valence-electron chi connectivity index (χ0n) is 15.9. The fraction of sp³-hybridized carbons (Fsp3) is 0.333. The van der Waals surface area contributed by atoms with E-state index >= 15 is 0 Å². The fourth-order valence-electron chi connectivity index (χ4n) is 2.39. The summed E-state index contributed by atoms with van der Waals surface area (Å²) in [4.78, 5) is 12.5. The average Bonchev–Trinajstić information content (AvgIpc) is 2.59. The number of hydrogen-bond acceptors (Lipinski definition) is 3. The first-order valence-electron chi connectivity index (χ1n) is 8.57. The van der Waals surface area contributed by atoms with E-state index in [1.165, 1.54) is 0 Å². The van der Waals surface area contributed by atoms with Gasteiger partial charge >= 0.3 is 5.97 Å². The van der Waals surface area contributed by atoms with E-state index in [0.29, 0.717) is 17.1 Å². The van der Waals surface area contributed by atoms with Gasteiger partial charge in [0, 0.05) is 5.41 Å². The lowest BCUT2D eigenvalue weighted by molar-refractivity contribution is 0.0526. The van der Waals surface area contributed by atoms with Crippen LogP contribution in [0.3, 0.4) is 0 Å². The summed E-state index contributed by atoms with van der Waals surface area (Å²) < 4.78 is 22.2. The number of carbonyl (C=O) groups excluding carboxylic acids is 1. The zero-order chi connectivity index (χ0) is 19.3. The molecule has 26 heavy (non-hydrogen) atoms. The Labute approximate surface area is 157 Å². The van der Waals surface area contributed by atoms with Crippen molar-refractivity contribution in [2.75, 3.05) is 6.61 Å². The van der Waals surface area contributed by atoms with E-state index in [1.807, 2.05) is 64.1 Å². The van der Waals surface area contributed by atoms with Crippen molar-refractivity contribution in [2.45, 2.75) is 39.5 Å². The highest BCUT2D eigenvalue weighted by atomic mass is 32.2. The molecule has 1 atom stereocenters. The van der Waals surface area contributed by atoms with Crippen LogP contribution < -0.4 is 0 Å². The summed E-state index contributed by atoms with van der Waals surface area (Å²) in [6.07, 6.45) is 0. The van der Waals surface area contributed by atoms with Crippen LogP contribution >= 0.6 is 0 Å². The number of rotatable bonds is 5. The molecule has 5 heteroatoms. The van der Waals surface area contributed by atoms with E-state index in [2.05, 4.69) is 4.40 Å². The van der Waals surface area contributed by atoms with Gasteiger partial charge < -0.3 is 4.74 Å². The Morgan fingerprint density at radius 1 is 1.00 bits per heavy atom. The van der Waals surface area contributed by atoms with Crippen LogP contribution in [0.25, 0.3) is 0 Å². The molecule has 0 aliphatic carbocycles. The third-order valence-corrected chi connectivity index (χ3v) is 4.80. The molecule has 0 saturated carbocycles. The molecule has 0 spiro atoms. The highest BCUT2D eigenvalue weighted by molar-refractivity contribution is 7.84. The molecule has 2 rings (SSSR count). The minimum Gasteiger partial charge on any atom is -0.462 e. The molecule has 2 aromatic carbocycles. The molecule has 0 unspecified atom stereocenters. The summed E-state index contributed by atoms with van der Waals surface area (Å²) in [6, 6.07) is 14.6. The molecule has 0 bridgehead atoms. The largest absolute Gasteiger partial charge is 0.462 e. The van der Waals surface area contributed by atoms with Gasteiger partial charge in [-0.3, -0.25) is 0 Å². The Morgan fingerprint density at radius 3 is 2.04 bits per heavy atom. The first kappa shape index (κ1) is 20.0. The van der Waals surface area contributed by atoms with Crippen LogP contribution in [0.1, 0.15) is 49.2 Å². The summed E-state index contributed by atoms with van der Waals surface area (Å²) in [5, 5.41) is 0. The van der Waals surface area contributed by atoms with E-state index in [4.69, 9.17) is 4.74 Å². The van der Waals surface area contributed by atoms with Gasteiger partial charge in [0.1, 0.15) is 0 Å². The van der Waals surface area contributed by atoms with Crippen LogP contribution in [-0.2, 0) is 15.7 Å². The molecule has 0 aliphatic rings. The second-order valence-electron chi connectivity index (χ2n) is 7.05. The number of benzene rings is 2. The van der Waals surface area contributed by atoms with Gasteiger partial charge in [0.15, 0.2) is 11.0 Å². The Morgan fingerprint density at radius 2 is 1.54 bits per heavy atom. The van der Waals surface area contributed by atoms with Gasteiger partial charge in [-0.2, -0.15) is 4.40 Å². The summed E-state index contributed by atoms with van der Waals surface area (Å²) in [7, 11) is -1.49. The third-order valence-electron chi connectivity index (χ3n) is 3.78. The number of carbonyl (C=O) groups is 1. The molecule has 2 aromatic rings. The maximum Gasteiger partial charge on any atom is 0.338 e. The standard InChI is InChI=1S/C21H25NO3S/c1-6-25-20(23)17-11-9-16(10-12-17)19(21(3,4)5)22-26(24)18-13-7-15(2)8-14-18/h7-14H,6H2,1-5H3/t26-/m0/s1. The smallest absolute Gasteiger partial charge is 0.338 e. The number of esters is 1. The van der Waals surface area contributed by atoms with Crippen LogP contribution in [0.2, 0.25) is 0 Å². The summed E-state index contributed by atoms with van der Waals surface area (Å²) in [5.41, 5.74) is 2.87. The first-order chi connectivity index (χ1) is 12.2. The van der Waals surface area contributed by atoms with E-state index in [1.54, 1.807) is 19.1 Å². The third kappa shape index (κ3) is 5.11. The van der Waals surface area contributed by atoms with Crippen LogP contribution in [0, 0.1) is 12.3 Å². The number of nitrogens with zero attached hydrogens (tertiary/aromatic N) is 1. The molecular formula is C21H25NO3S. The summed E-state index contributed by atoms with van der Waals surface area (Å²) >= 11 is 0. The van der Waals surface area contributed by atoms with Crippen molar-refractivity contribution in [3.05, 3.63) is 65.2 Å². The van der Waals surface area contributed by atoms with Crippen LogP contribution in [0.15, 0.2) is 57.8 Å². The van der Waals surface area contributed by atoms with Gasteiger partial charge in [0.25, 0.3) is 0 Å². The maximum absolute atomic E-state index is 12.7. The number of aryl methyl sites for hydroxylation is 1. The van der Waals surface area contributed by atoms with Gasteiger partial charge in [-0.15, -0.1) is 0 Å². The molecule has 0 saturated heterocycles. The lowest BCUT2D eigenvalue weighted by Crippen LogP contribution is -2.22. The zero-order valence-corrected chi connectivity index (χ0v) is 16.7. The van der Waals surface area contributed by atoms with Gasteiger partial charge in [-0.05, 0) is 43.7 Å². The van der Waals surface area contributed by atoms with Crippen molar-refractivity contribution in [1.29, 1.82) is 0 Å². The van der Waals surface area contributed by atoms with Gasteiger partial charge in [-0.25, -0.2) is 9.00 Å². The number of ether oxygens (including phenoxy) is 1. The monoisotopic (exact) mass is 371 g/mol. The van der Waals surface area contributed by atoms with Crippen LogP contribution in [0.5, 0.6) is 0 Å². The molecule has 0 heterocycles. The van der Waals surface area contributed by atoms with Crippen molar-refractivity contribution in [3.63, 3.8) is 0 Å². The van der Waals surface area contributed by atoms with Crippen LogP contribution in [-0.4, -0.2) is 22.5 Å². The molecule has 0 N–H and O–H groups in total. The molecule has 0 amide bonds. The molecule has 0 aromatic heterocycles.